The van der Waals surface area contributed by atoms with Gasteiger partial charge < -0.3 is 10.6 Å². The first-order chi connectivity index (χ1) is 9.31. The highest BCUT2D eigenvalue weighted by Gasteiger charge is 2.18. The molecule has 0 bridgehead atoms. The van der Waals surface area contributed by atoms with Crippen molar-refractivity contribution in [1.82, 2.24) is 9.80 Å². The van der Waals surface area contributed by atoms with Crippen LogP contribution in [-0.4, -0.2) is 49.1 Å². The lowest BCUT2D eigenvalue weighted by atomic mass is 10.1. The quantitative estimate of drug-likeness (QED) is 0.847. The van der Waals surface area contributed by atoms with Crippen LogP contribution in [0.5, 0.6) is 0 Å². The van der Waals surface area contributed by atoms with E-state index in [1.165, 1.54) is 44.7 Å². The Morgan fingerprint density at radius 3 is 2.26 bits per heavy atom. The van der Waals surface area contributed by atoms with E-state index in [1.54, 1.807) is 0 Å². The van der Waals surface area contributed by atoms with Gasteiger partial charge in [-0.05, 0) is 18.0 Å². The zero-order valence-electron chi connectivity index (χ0n) is 12.1. The van der Waals surface area contributed by atoms with E-state index in [2.05, 4.69) is 47.1 Å². The van der Waals surface area contributed by atoms with Crippen molar-refractivity contribution < 1.29 is 0 Å². The molecule has 1 aliphatic rings. The fraction of sp³-hybridized carbons (Fsp3) is 0.625. The molecule has 1 heterocycles. The minimum atomic E-state index is 0.667. The average Bonchev–Trinajstić information content (AvgIpc) is 2.47. The van der Waals surface area contributed by atoms with Crippen molar-refractivity contribution in [1.29, 1.82) is 0 Å². The molecule has 0 amide bonds. The van der Waals surface area contributed by atoms with Crippen molar-refractivity contribution in [3.63, 3.8) is 0 Å². The minimum Gasteiger partial charge on any atom is -0.330 e. The summed E-state index contributed by atoms with van der Waals surface area (Å²) in [7, 11) is 0. The molecule has 3 nitrogen and oxygen atoms in total. The van der Waals surface area contributed by atoms with Crippen LogP contribution in [0, 0.1) is 5.92 Å². The van der Waals surface area contributed by atoms with Gasteiger partial charge in [0.15, 0.2) is 0 Å². The molecule has 19 heavy (non-hydrogen) atoms. The average molecular weight is 261 g/mol. The molecule has 2 N–H and O–H groups in total. The van der Waals surface area contributed by atoms with E-state index in [0.29, 0.717) is 5.92 Å². The molecule has 1 fully saturated rings. The number of hydrogen-bond acceptors (Lipinski definition) is 3. The number of nitrogens with two attached hydrogens (primary N) is 1. The minimum absolute atomic E-state index is 0.667. The Kier molecular flexibility index (Phi) is 5.83. The first-order valence-corrected chi connectivity index (χ1v) is 7.50. The van der Waals surface area contributed by atoms with Crippen LogP contribution in [0.25, 0.3) is 0 Å². The highest BCUT2D eigenvalue weighted by Crippen LogP contribution is 2.10. The standard InChI is InChI=1S/C16H27N3/c1-2-15(12-17)13-18-8-10-19(11-9-18)14-16-6-4-3-5-7-16/h3-7,15H,2,8-14,17H2,1H3. The molecule has 1 atom stereocenters. The van der Waals surface area contributed by atoms with Gasteiger partial charge in [0.25, 0.3) is 0 Å². The highest BCUT2D eigenvalue weighted by atomic mass is 15.3. The third-order valence-corrected chi connectivity index (χ3v) is 4.14. The summed E-state index contributed by atoms with van der Waals surface area (Å²) in [6.45, 7) is 10.0. The summed E-state index contributed by atoms with van der Waals surface area (Å²) in [5, 5.41) is 0. The van der Waals surface area contributed by atoms with Crippen molar-refractivity contribution >= 4 is 0 Å². The molecule has 3 heteroatoms. The Bertz CT molecular complexity index is 340. The number of hydrogen-bond donors (Lipinski definition) is 1. The van der Waals surface area contributed by atoms with E-state index in [9.17, 15) is 0 Å². The Labute approximate surface area is 117 Å². The van der Waals surface area contributed by atoms with Crippen molar-refractivity contribution in [2.45, 2.75) is 19.9 Å². The van der Waals surface area contributed by atoms with Gasteiger partial charge in [-0.2, -0.15) is 0 Å². The van der Waals surface area contributed by atoms with Crippen LogP contribution in [-0.2, 0) is 6.54 Å². The zero-order valence-corrected chi connectivity index (χ0v) is 12.1. The van der Waals surface area contributed by atoms with Gasteiger partial charge in [0.2, 0.25) is 0 Å². The third-order valence-electron chi connectivity index (χ3n) is 4.14. The van der Waals surface area contributed by atoms with Crippen molar-refractivity contribution in [2.75, 3.05) is 39.3 Å². The molecular formula is C16H27N3. The van der Waals surface area contributed by atoms with Gasteiger partial charge in [-0.1, -0.05) is 43.7 Å². The van der Waals surface area contributed by atoms with Gasteiger partial charge in [-0.15, -0.1) is 0 Å². The first-order valence-electron chi connectivity index (χ1n) is 7.50. The van der Waals surface area contributed by atoms with Crippen molar-refractivity contribution in [3.8, 4) is 0 Å². The van der Waals surface area contributed by atoms with Crippen LogP contribution >= 0.6 is 0 Å². The normalized spacial score (nSPS) is 19.5. The SMILES string of the molecule is CCC(CN)CN1CCN(Cc2ccccc2)CC1. The molecule has 1 unspecified atom stereocenters. The molecular weight excluding hydrogens is 234 g/mol. The second kappa shape index (κ2) is 7.63. The molecule has 0 aliphatic carbocycles. The topological polar surface area (TPSA) is 32.5 Å². The number of benzene rings is 1. The lowest BCUT2D eigenvalue weighted by Gasteiger charge is -2.36. The molecule has 2 rings (SSSR count). The second-order valence-electron chi connectivity index (χ2n) is 5.57. The predicted molar refractivity (Wildman–Crippen MR) is 81.0 cm³/mol. The Morgan fingerprint density at radius 1 is 1.05 bits per heavy atom. The van der Waals surface area contributed by atoms with Gasteiger partial charge in [0, 0.05) is 39.3 Å². The predicted octanol–water partition coefficient (Wildman–Crippen LogP) is 1.79. The Hall–Kier alpha value is -0.900. The Morgan fingerprint density at radius 2 is 1.68 bits per heavy atom. The molecule has 1 aromatic rings. The molecule has 0 aromatic heterocycles. The van der Waals surface area contributed by atoms with Crippen LogP contribution in [0.3, 0.4) is 0 Å². The fourth-order valence-corrected chi connectivity index (χ4v) is 2.71. The molecule has 1 aromatic carbocycles. The summed E-state index contributed by atoms with van der Waals surface area (Å²) < 4.78 is 0. The molecule has 1 aliphatic heterocycles. The summed E-state index contributed by atoms with van der Waals surface area (Å²) in [5.41, 5.74) is 7.21. The maximum absolute atomic E-state index is 5.79. The molecule has 106 valence electrons. The summed E-state index contributed by atoms with van der Waals surface area (Å²) in [4.78, 5) is 5.12. The molecule has 0 spiro atoms. The second-order valence-corrected chi connectivity index (χ2v) is 5.57. The van der Waals surface area contributed by atoms with Crippen molar-refractivity contribution in [3.05, 3.63) is 35.9 Å². The lowest BCUT2D eigenvalue weighted by molar-refractivity contribution is 0.113. The summed E-state index contributed by atoms with van der Waals surface area (Å²) >= 11 is 0. The van der Waals surface area contributed by atoms with Gasteiger partial charge >= 0.3 is 0 Å². The van der Waals surface area contributed by atoms with E-state index >= 15 is 0 Å². The van der Waals surface area contributed by atoms with Crippen LogP contribution < -0.4 is 5.73 Å². The Balaban J connectivity index is 1.73. The first kappa shape index (κ1) is 14.5. The molecule has 0 radical (unpaired) electrons. The molecule has 0 saturated carbocycles. The van der Waals surface area contributed by atoms with Gasteiger partial charge in [-0.25, -0.2) is 0 Å². The maximum Gasteiger partial charge on any atom is 0.0234 e. The fourth-order valence-electron chi connectivity index (χ4n) is 2.71. The van der Waals surface area contributed by atoms with E-state index < -0.39 is 0 Å². The van der Waals surface area contributed by atoms with E-state index in [4.69, 9.17) is 5.73 Å². The largest absolute Gasteiger partial charge is 0.330 e. The number of rotatable bonds is 6. The monoisotopic (exact) mass is 261 g/mol. The van der Waals surface area contributed by atoms with Crippen LogP contribution in [0.1, 0.15) is 18.9 Å². The van der Waals surface area contributed by atoms with Crippen LogP contribution in [0.2, 0.25) is 0 Å². The maximum atomic E-state index is 5.79. The molecule has 1 saturated heterocycles. The lowest BCUT2D eigenvalue weighted by Crippen LogP contribution is -2.47. The van der Waals surface area contributed by atoms with E-state index in [1.807, 2.05) is 0 Å². The summed E-state index contributed by atoms with van der Waals surface area (Å²) in [6.07, 6.45) is 1.20. The van der Waals surface area contributed by atoms with Crippen LogP contribution in [0.4, 0.5) is 0 Å². The number of piperazine rings is 1. The summed E-state index contributed by atoms with van der Waals surface area (Å²) in [5.74, 6) is 0.667. The zero-order chi connectivity index (χ0) is 13.5. The van der Waals surface area contributed by atoms with E-state index in [-0.39, 0.29) is 0 Å². The van der Waals surface area contributed by atoms with E-state index in [0.717, 1.165) is 13.1 Å². The van der Waals surface area contributed by atoms with Crippen LogP contribution in [0.15, 0.2) is 30.3 Å². The van der Waals surface area contributed by atoms with Crippen molar-refractivity contribution in [2.24, 2.45) is 11.7 Å². The van der Waals surface area contributed by atoms with Gasteiger partial charge in [-0.3, -0.25) is 4.90 Å². The van der Waals surface area contributed by atoms with Gasteiger partial charge in [0.05, 0.1) is 0 Å². The third kappa shape index (κ3) is 4.60. The summed E-state index contributed by atoms with van der Waals surface area (Å²) in [6, 6.07) is 10.8. The van der Waals surface area contributed by atoms with Gasteiger partial charge in [0.1, 0.15) is 0 Å². The smallest absolute Gasteiger partial charge is 0.0234 e. The highest BCUT2D eigenvalue weighted by molar-refractivity contribution is 5.14. The number of nitrogens with zero attached hydrogens (tertiary/aromatic N) is 2.